The number of carbonyl (C=O) groups excluding carboxylic acids is 1. The van der Waals surface area contributed by atoms with E-state index in [9.17, 15) is 4.79 Å². The first-order valence-electron chi connectivity index (χ1n) is 10.1. The fraction of sp³-hybridized carbons (Fsp3) is 0.167. The number of para-hydroxylation sites is 1. The standard InChI is InChI=1S/C24H24N6O/c1-17-14-18(2)28-24(27-17)29-30(16-26-23(31)19-8-4-3-5-9-19)13-12-20-15-25-22-11-7-6-10-21(20)22/h3-11,14-16,25H,12-13H2,1-2H3,(H,27,28,29). The summed E-state index contributed by atoms with van der Waals surface area (Å²) < 4.78 is 0. The Balaban J connectivity index is 1.54. The number of amides is 1. The maximum absolute atomic E-state index is 12.4. The number of rotatable bonds is 7. The molecule has 156 valence electrons. The second-order valence-corrected chi connectivity index (χ2v) is 7.30. The number of anilines is 1. The van der Waals surface area contributed by atoms with E-state index in [4.69, 9.17) is 0 Å². The van der Waals surface area contributed by atoms with E-state index in [0.29, 0.717) is 18.1 Å². The van der Waals surface area contributed by atoms with Gasteiger partial charge in [0.2, 0.25) is 5.95 Å². The van der Waals surface area contributed by atoms with Crippen molar-refractivity contribution in [3.05, 3.63) is 89.4 Å². The number of nitrogens with zero attached hydrogens (tertiary/aromatic N) is 4. The maximum atomic E-state index is 12.4. The predicted molar refractivity (Wildman–Crippen MR) is 123 cm³/mol. The average molecular weight is 412 g/mol. The van der Waals surface area contributed by atoms with Crippen molar-refractivity contribution in [1.29, 1.82) is 0 Å². The van der Waals surface area contributed by atoms with Crippen LogP contribution in [0.2, 0.25) is 0 Å². The second-order valence-electron chi connectivity index (χ2n) is 7.30. The van der Waals surface area contributed by atoms with E-state index >= 15 is 0 Å². The molecule has 2 N–H and O–H groups in total. The first-order chi connectivity index (χ1) is 15.1. The molecule has 0 aliphatic carbocycles. The van der Waals surface area contributed by atoms with Crippen LogP contribution in [0.4, 0.5) is 5.95 Å². The Labute approximate surface area is 180 Å². The molecule has 0 saturated heterocycles. The molecule has 2 aromatic carbocycles. The second kappa shape index (κ2) is 9.21. The number of aromatic nitrogens is 3. The van der Waals surface area contributed by atoms with E-state index in [1.165, 1.54) is 17.3 Å². The molecule has 0 bridgehead atoms. The number of carbonyl (C=O) groups is 1. The van der Waals surface area contributed by atoms with Crippen molar-refractivity contribution in [2.24, 2.45) is 4.99 Å². The van der Waals surface area contributed by atoms with E-state index in [0.717, 1.165) is 23.3 Å². The molecule has 0 atom stereocenters. The zero-order chi connectivity index (χ0) is 21.6. The number of H-pyrrole nitrogens is 1. The molecule has 0 fully saturated rings. The number of hydrogen-bond donors (Lipinski definition) is 2. The highest BCUT2D eigenvalue weighted by Crippen LogP contribution is 2.18. The van der Waals surface area contributed by atoms with Crippen LogP contribution in [0.5, 0.6) is 0 Å². The summed E-state index contributed by atoms with van der Waals surface area (Å²) in [6, 6.07) is 19.1. The molecule has 0 aliphatic heterocycles. The summed E-state index contributed by atoms with van der Waals surface area (Å²) in [7, 11) is 0. The Morgan fingerprint density at radius 3 is 2.55 bits per heavy atom. The lowest BCUT2D eigenvalue weighted by molar-refractivity contribution is 0.100. The summed E-state index contributed by atoms with van der Waals surface area (Å²) in [5.41, 5.74) is 7.73. The fourth-order valence-electron chi connectivity index (χ4n) is 3.40. The third-order valence-corrected chi connectivity index (χ3v) is 4.86. The van der Waals surface area contributed by atoms with Gasteiger partial charge < -0.3 is 4.98 Å². The highest BCUT2D eigenvalue weighted by atomic mass is 16.1. The zero-order valence-corrected chi connectivity index (χ0v) is 17.5. The molecule has 2 heterocycles. The summed E-state index contributed by atoms with van der Waals surface area (Å²) in [5, 5.41) is 2.93. The summed E-state index contributed by atoms with van der Waals surface area (Å²) in [6.45, 7) is 4.41. The average Bonchev–Trinajstić information content (AvgIpc) is 3.18. The zero-order valence-electron chi connectivity index (χ0n) is 17.5. The van der Waals surface area contributed by atoms with E-state index in [1.807, 2.05) is 56.4 Å². The molecule has 0 unspecified atom stereocenters. The van der Waals surface area contributed by atoms with Gasteiger partial charge in [-0.05, 0) is 50.1 Å². The minimum absolute atomic E-state index is 0.305. The molecule has 7 heteroatoms. The molecule has 0 spiro atoms. The van der Waals surface area contributed by atoms with Crippen molar-refractivity contribution < 1.29 is 4.79 Å². The summed E-state index contributed by atoms with van der Waals surface area (Å²) >= 11 is 0. The van der Waals surface area contributed by atoms with Gasteiger partial charge in [-0.2, -0.15) is 4.99 Å². The number of aromatic amines is 1. The lowest BCUT2D eigenvalue weighted by Gasteiger charge is -2.20. The van der Waals surface area contributed by atoms with Crippen molar-refractivity contribution in [1.82, 2.24) is 20.0 Å². The van der Waals surface area contributed by atoms with Gasteiger partial charge in [-0.15, -0.1) is 0 Å². The summed E-state index contributed by atoms with van der Waals surface area (Å²) in [5.74, 6) is 0.163. The van der Waals surface area contributed by atoms with Crippen LogP contribution in [0.1, 0.15) is 27.3 Å². The minimum atomic E-state index is -0.305. The predicted octanol–water partition coefficient (Wildman–Crippen LogP) is 4.32. The highest BCUT2D eigenvalue weighted by molar-refractivity contribution is 5.98. The van der Waals surface area contributed by atoms with Crippen LogP contribution in [-0.4, -0.2) is 38.8 Å². The van der Waals surface area contributed by atoms with Crippen molar-refractivity contribution in [2.75, 3.05) is 12.0 Å². The monoisotopic (exact) mass is 412 g/mol. The summed E-state index contributed by atoms with van der Waals surface area (Å²) in [4.78, 5) is 28.7. The first kappa shape index (κ1) is 20.3. The number of aliphatic imine (C=N–C) groups is 1. The van der Waals surface area contributed by atoms with Gasteiger partial charge in [-0.3, -0.25) is 15.2 Å². The Bertz CT molecular complexity index is 1190. The van der Waals surface area contributed by atoms with E-state index in [2.05, 4.69) is 37.5 Å². The fourth-order valence-corrected chi connectivity index (χ4v) is 3.40. The van der Waals surface area contributed by atoms with Crippen molar-refractivity contribution in [3.8, 4) is 0 Å². The lowest BCUT2D eigenvalue weighted by Crippen LogP contribution is -2.32. The molecule has 7 nitrogen and oxygen atoms in total. The lowest BCUT2D eigenvalue weighted by atomic mass is 10.1. The van der Waals surface area contributed by atoms with Gasteiger partial charge in [0.1, 0.15) is 6.34 Å². The molecule has 4 aromatic rings. The molecule has 2 aromatic heterocycles. The van der Waals surface area contributed by atoms with Crippen LogP contribution < -0.4 is 5.43 Å². The Morgan fingerprint density at radius 1 is 1.06 bits per heavy atom. The topological polar surface area (TPSA) is 86.3 Å². The molecular formula is C24H24N6O. The highest BCUT2D eigenvalue weighted by Gasteiger charge is 2.09. The molecular weight excluding hydrogens is 388 g/mol. The van der Waals surface area contributed by atoms with Gasteiger partial charge in [0, 0.05) is 40.6 Å². The third-order valence-electron chi connectivity index (χ3n) is 4.86. The minimum Gasteiger partial charge on any atom is -0.361 e. The van der Waals surface area contributed by atoms with Gasteiger partial charge in [0.15, 0.2) is 0 Å². The normalized spacial score (nSPS) is 11.2. The number of hydrazine groups is 1. The third kappa shape index (κ3) is 5.14. The van der Waals surface area contributed by atoms with E-state index in [-0.39, 0.29) is 5.91 Å². The summed E-state index contributed by atoms with van der Waals surface area (Å²) in [6.07, 6.45) is 4.26. The van der Waals surface area contributed by atoms with Crippen molar-refractivity contribution >= 4 is 29.1 Å². The van der Waals surface area contributed by atoms with Gasteiger partial charge >= 0.3 is 0 Å². The van der Waals surface area contributed by atoms with Crippen LogP contribution >= 0.6 is 0 Å². The number of benzene rings is 2. The number of aryl methyl sites for hydroxylation is 2. The van der Waals surface area contributed by atoms with Gasteiger partial charge in [0.25, 0.3) is 5.91 Å². The molecule has 0 radical (unpaired) electrons. The van der Waals surface area contributed by atoms with Crippen molar-refractivity contribution in [3.63, 3.8) is 0 Å². The Hall–Kier alpha value is -4.00. The SMILES string of the molecule is Cc1cc(C)nc(NN(C=NC(=O)c2ccccc2)CCc2c[nH]c3ccccc23)n1. The number of nitrogens with one attached hydrogen (secondary N) is 2. The van der Waals surface area contributed by atoms with Crippen LogP contribution in [0, 0.1) is 13.8 Å². The molecule has 1 amide bonds. The molecule has 0 saturated carbocycles. The quantitative estimate of drug-likeness (QED) is 0.268. The Morgan fingerprint density at radius 2 is 1.77 bits per heavy atom. The smallest absolute Gasteiger partial charge is 0.278 e. The van der Waals surface area contributed by atoms with Gasteiger partial charge in [0.05, 0.1) is 0 Å². The molecule has 4 rings (SSSR count). The number of hydrogen-bond acceptors (Lipinski definition) is 4. The van der Waals surface area contributed by atoms with Crippen LogP contribution in [0.15, 0.2) is 71.9 Å². The van der Waals surface area contributed by atoms with Gasteiger partial charge in [-0.1, -0.05) is 36.4 Å². The van der Waals surface area contributed by atoms with Crippen LogP contribution in [0.3, 0.4) is 0 Å². The molecule has 0 aliphatic rings. The largest absolute Gasteiger partial charge is 0.361 e. The Kier molecular flexibility index (Phi) is 6.03. The number of fused-ring (bicyclic) bond motifs is 1. The maximum Gasteiger partial charge on any atom is 0.278 e. The van der Waals surface area contributed by atoms with E-state index in [1.54, 1.807) is 17.1 Å². The van der Waals surface area contributed by atoms with E-state index < -0.39 is 0 Å². The van der Waals surface area contributed by atoms with Gasteiger partial charge in [-0.25, -0.2) is 9.97 Å². The van der Waals surface area contributed by atoms with Crippen molar-refractivity contribution in [2.45, 2.75) is 20.3 Å². The first-order valence-corrected chi connectivity index (χ1v) is 10.1. The van der Waals surface area contributed by atoms with Crippen LogP contribution in [0.25, 0.3) is 10.9 Å². The van der Waals surface area contributed by atoms with Crippen LogP contribution in [-0.2, 0) is 6.42 Å². The molecule has 31 heavy (non-hydrogen) atoms.